The summed E-state index contributed by atoms with van der Waals surface area (Å²) >= 11 is 0. The highest BCUT2D eigenvalue weighted by atomic mass is 15.3. The molecule has 4 heteroatoms. The van der Waals surface area contributed by atoms with Crippen molar-refractivity contribution < 1.29 is 0 Å². The van der Waals surface area contributed by atoms with Gasteiger partial charge < -0.3 is 5.32 Å². The second-order valence-corrected chi connectivity index (χ2v) is 4.88. The SMILES string of the molecule is CCCC(CNCC)Cc1ncnn1C(C)C. The Morgan fingerprint density at radius 2 is 2.12 bits per heavy atom. The molecule has 0 aliphatic heterocycles. The van der Waals surface area contributed by atoms with Crippen molar-refractivity contribution in [3.63, 3.8) is 0 Å². The average Bonchev–Trinajstić information content (AvgIpc) is 2.74. The summed E-state index contributed by atoms with van der Waals surface area (Å²) in [7, 11) is 0. The van der Waals surface area contributed by atoms with Crippen molar-refractivity contribution in [3.8, 4) is 0 Å². The summed E-state index contributed by atoms with van der Waals surface area (Å²) in [6.45, 7) is 10.8. The Kier molecular flexibility index (Phi) is 6.19. The summed E-state index contributed by atoms with van der Waals surface area (Å²) < 4.78 is 2.04. The van der Waals surface area contributed by atoms with Gasteiger partial charge in [0.05, 0.1) is 0 Å². The Labute approximate surface area is 105 Å². The second-order valence-electron chi connectivity index (χ2n) is 4.88. The van der Waals surface area contributed by atoms with E-state index in [0.29, 0.717) is 12.0 Å². The van der Waals surface area contributed by atoms with E-state index in [1.54, 1.807) is 6.33 Å². The van der Waals surface area contributed by atoms with Gasteiger partial charge in [0, 0.05) is 12.5 Å². The minimum atomic E-state index is 0.397. The first-order valence-corrected chi connectivity index (χ1v) is 6.78. The molecule has 0 bridgehead atoms. The maximum absolute atomic E-state index is 4.39. The average molecular weight is 238 g/mol. The fourth-order valence-corrected chi connectivity index (χ4v) is 2.14. The van der Waals surface area contributed by atoms with Gasteiger partial charge in [-0.1, -0.05) is 20.3 Å². The minimum absolute atomic E-state index is 0.397. The van der Waals surface area contributed by atoms with Crippen LogP contribution in [0.15, 0.2) is 6.33 Å². The van der Waals surface area contributed by atoms with Gasteiger partial charge in [0.1, 0.15) is 12.2 Å². The Balaban J connectivity index is 2.61. The van der Waals surface area contributed by atoms with Crippen molar-refractivity contribution in [3.05, 3.63) is 12.2 Å². The van der Waals surface area contributed by atoms with Crippen LogP contribution in [0.1, 0.15) is 52.4 Å². The van der Waals surface area contributed by atoms with Crippen LogP contribution >= 0.6 is 0 Å². The molecule has 17 heavy (non-hydrogen) atoms. The zero-order valence-electron chi connectivity index (χ0n) is 11.6. The number of aromatic nitrogens is 3. The van der Waals surface area contributed by atoms with Crippen molar-refractivity contribution in [1.29, 1.82) is 0 Å². The molecule has 1 aromatic rings. The van der Waals surface area contributed by atoms with E-state index in [-0.39, 0.29) is 0 Å². The van der Waals surface area contributed by atoms with E-state index in [2.05, 4.69) is 43.1 Å². The number of nitrogens with one attached hydrogen (secondary N) is 1. The third-order valence-electron chi connectivity index (χ3n) is 2.99. The molecule has 4 nitrogen and oxygen atoms in total. The van der Waals surface area contributed by atoms with Gasteiger partial charge in [-0.25, -0.2) is 9.67 Å². The maximum Gasteiger partial charge on any atom is 0.138 e. The molecule has 0 saturated heterocycles. The molecule has 1 atom stereocenters. The van der Waals surface area contributed by atoms with E-state index in [4.69, 9.17) is 0 Å². The van der Waals surface area contributed by atoms with Gasteiger partial charge in [0.15, 0.2) is 0 Å². The Morgan fingerprint density at radius 3 is 2.71 bits per heavy atom. The second kappa shape index (κ2) is 7.43. The van der Waals surface area contributed by atoms with Crippen molar-refractivity contribution in [2.45, 2.75) is 53.0 Å². The van der Waals surface area contributed by atoms with E-state index in [1.807, 2.05) is 4.68 Å². The highest BCUT2D eigenvalue weighted by Crippen LogP contribution is 2.14. The molecule has 0 aliphatic rings. The standard InChI is InChI=1S/C13H26N4/c1-5-7-12(9-14-6-2)8-13-15-10-16-17(13)11(3)4/h10-12,14H,5-9H2,1-4H3. The van der Waals surface area contributed by atoms with Crippen LogP contribution in [-0.4, -0.2) is 27.9 Å². The van der Waals surface area contributed by atoms with Crippen LogP contribution in [0, 0.1) is 5.92 Å². The molecular weight excluding hydrogens is 212 g/mol. The normalized spacial score (nSPS) is 13.2. The molecule has 1 rings (SSSR count). The lowest BCUT2D eigenvalue weighted by Crippen LogP contribution is -2.25. The highest BCUT2D eigenvalue weighted by molar-refractivity contribution is 4.89. The molecule has 1 aromatic heterocycles. The van der Waals surface area contributed by atoms with Gasteiger partial charge in [0.2, 0.25) is 0 Å². The number of rotatable bonds is 8. The molecule has 0 saturated carbocycles. The zero-order valence-corrected chi connectivity index (χ0v) is 11.6. The molecule has 98 valence electrons. The van der Waals surface area contributed by atoms with Crippen molar-refractivity contribution in [1.82, 2.24) is 20.1 Å². The van der Waals surface area contributed by atoms with E-state index in [9.17, 15) is 0 Å². The molecular formula is C13H26N4. The summed E-state index contributed by atoms with van der Waals surface area (Å²) in [4.78, 5) is 4.39. The lowest BCUT2D eigenvalue weighted by Gasteiger charge is -2.17. The monoisotopic (exact) mass is 238 g/mol. The number of hydrogen-bond donors (Lipinski definition) is 1. The maximum atomic E-state index is 4.39. The third-order valence-corrected chi connectivity index (χ3v) is 2.99. The van der Waals surface area contributed by atoms with Gasteiger partial charge in [-0.3, -0.25) is 0 Å². The van der Waals surface area contributed by atoms with Gasteiger partial charge in [-0.2, -0.15) is 5.10 Å². The molecule has 0 amide bonds. The van der Waals surface area contributed by atoms with Gasteiger partial charge in [0.25, 0.3) is 0 Å². The van der Waals surface area contributed by atoms with E-state index in [1.165, 1.54) is 12.8 Å². The fourth-order valence-electron chi connectivity index (χ4n) is 2.14. The first-order valence-electron chi connectivity index (χ1n) is 6.78. The van der Waals surface area contributed by atoms with Gasteiger partial charge in [-0.15, -0.1) is 0 Å². The predicted octanol–water partition coefficient (Wildman–Crippen LogP) is 2.43. The van der Waals surface area contributed by atoms with Crippen LogP contribution in [0.4, 0.5) is 0 Å². The zero-order chi connectivity index (χ0) is 12.7. The topological polar surface area (TPSA) is 42.7 Å². The van der Waals surface area contributed by atoms with Crippen LogP contribution in [0.3, 0.4) is 0 Å². The Hall–Kier alpha value is -0.900. The lowest BCUT2D eigenvalue weighted by molar-refractivity contribution is 0.412. The predicted molar refractivity (Wildman–Crippen MR) is 71.1 cm³/mol. The highest BCUT2D eigenvalue weighted by Gasteiger charge is 2.14. The molecule has 0 aliphatic carbocycles. The van der Waals surface area contributed by atoms with Crippen LogP contribution < -0.4 is 5.32 Å². The van der Waals surface area contributed by atoms with Crippen LogP contribution in [-0.2, 0) is 6.42 Å². The molecule has 0 aromatic carbocycles. The number of nitrogens with zero attached hydrogens (tertiary/aromatic N) is 3. The number of hydrogen-bond acceptors (Lipinski definition) is 3. The lowest BCUT2D eigenvalue weighted by atomic mass is 9.99. The van der Waals surface area contributed by atoms with E-state index in [0.717, 1.165) is 25.3 Å². The minimum Gasteiger partial charge on any atom is -0.317 e. The fraction of sp³-hybridized carbons (Fsp3) is 0.846. The Morgan fingerprint density at radius 1 is 1.35 bits per heavy atom. The van der Waals surface area contributed by atoms with Crippen molar-refractivity contribution >= 4 is 0 Å². The summed E-state index contributed by atoms with van der Waals surface area (Å²) in [6.07, 6.45) is 5.18. The summed E-state index contributed by atoms with van der Waals surface area (Å²) in [5, 5.41) is 7.73. The van der Waals surface area contributed by atoms with Crippen LogP contribution in [0.2, 0.25) is 0 Å². The van der Waals surface area contributed by atoms with Crippen LogP contribution in [0.25, 0.3) is 0 Å². The molecule has 1 heterocycles. The molecule has 0 spiro atoms. The van der Waals surface area contributed by atoms with Gasteiger partial charge >= 0.3 is 0 Å². The Bertz CT molecular complexity index is 306. The van der Waals surface area contributed by atoms with Crippen LogP contribution in [0.5, 0.6) is 0 Å². The molecule has 1 N–H and O–H groups in total. The quantitative estimate of drug-likeness (QED) is 0.756. The smallest absolute Gasteiger partial charge is 0.138 e. The van der Waals surface area contributed by atoms with E-state index < -0.39 is 0 Å². The summed E-state index contributed by atoms with van der Waals surface area (Å²) in [6, 6.07) is 0.397. The van der Waals surface area contributed by atoms with E-state index >= 15 is 0 Å². The van der Waals surface area contributed by atoms with Crippen molar-refractivity contribution in [2.75, 3.05) is 13.1 Å². The molecule has 0 fully saturated rings. The first kappa shape index (κ1) is 14.2. The summed E-state index contributed by atoms with van der Waals surface area (Å²) in [5.41, 5.74) is 0. The first-order chi connectivity index (χ1) is 8.19. The largest absolute Gasteiger partial charge is 0.317 e. The molecule has 1 unspecified atom stereocenters. The van der Waals surface area contributed by atoms with Crippen molar-refractivity contribution in [2.24, 2.45) is 5.92 Å². The van der Waals surface area contributed by atoms with Gasteiger partial charge in [-0.05, 0) is 39.3 Å². The molecule has 0 radical (unpaired) electrons. The third kappa shape index (κ3) is 4.46. The summed E-state index contributed by atoms with van der Waals surface area (Å²) in [5.74, 6) is 1.79.